The molecule has 0 spiro atoms. The third-order valence-electron chi connectivity index (χ3n) is 6.99. The fraction of sp³-hybridized carbons (Fsp3) is 0.323. The highest BCUT2D eigenvalue weighted by molar-refractivity contribution is 7.89. The zero-order valence-electron chi connectivity index (χ0n) is 23.4. The highest BCUT2D eigenvalue weighted by atomic mass is 32.2. The molecule has 2 heterocycles. The average molecular weight is 580 g/mol. The minimum absolute atomic E-state index is 0.0147. The van der Waals surface area contributed by atoms with Crippen LogP contribution in [0.25, 0.3) is 5.69 Å². The lowest BCUT2D eigenvalue weighted by molar-refractivity contribution is 0.0924. The van der Waals surface area contributed by atoms with Crippen molar-refractivity contribution in [3.05, 3.63) is 95.9 Å². The molecule has 0 amide bonds. The van der Waals surface area contributed by atoms with Gasteiger partial charge in [-0.2, -0.15) is 9.40 Å². The molecule has 0 saturated carbocycles. The molecule has 1 fully saturated rings. The van der Waals surface area contributed by atoms with Gasteiger partial charge in [0.1, 0.15) is 17.3 Å². The Labute approximate surface area is 240 Å². The second kappa shape index (κ2) is 12.4. The molecule has 216 valence electrons. The predicted molar refractivity (Wildman–Crippen MR) is 154 cm³/mol. The van der Waals surface area contributed by atoms with Gasteiger partial charge in [0, 0.05) is 25.8 Å². The van der Waals surface area contributed by atoms with Gasteiger partial charge in [0.25, 0.3) is 0 Å². The zero-order valence-corrected chi connectivity index (χ0v) is 24.2. The maximum Gasteiger partial charge on any atom is 0.243 e. The van der Waals surface area contributed by atoms with Crippen molar-refractivity contribution in [1.82, 2.24) is 14.1 Å². The van der Waals surface area contributed by atoms with Crippen molar-refractivity contribution >= 4 is 10.0 Å². The van der Waals surface area contributed by atoms with Crippen LogP contribution in [0.15, 0.2) is 83.8 Å². The van der Waals surface area contributed by atoms with Gasteiger partial charge in [0.05, 0.1) is 35.1 Å². The van der Waals surface area contributed by atoms with E-state index in [2.05, 4.69) is 0 Å². The van der Waals surface area contributed by atoms with Crippen LogP contribution in [0.3, 0.4) is 0 Å². The third-order valence-corrected chi connectivity index (χ3v) is 8.81. The molecule has 5 rings (SSSR count). The summed E-state index contributed by atoms with van der Waals surface area (Å²) in [7, 11) is -2.43. The van der Waals surface area contributed by atoms with Gasteiger partial charge in [-0.05, 0) is 67.3 Å². The molecule has 0 radical (unpaired) electrons. The summed E-state index contributed by atoms with van der Waals surface area (Å²) in [5.41, 5.74) is 2.02. The highest BCUT2D eigenvalue weighted by Gasteiger charge is 2.33. The molecule has 1 aliphatic rings. The normalized spacial score (nSPS) is 15.5. The number of methoxy groups -OCH3 is 1. The molecule has 0 bridgehead atoms. The Morgan fingerprint density at radius 2 is 1.80 bits per heavy atom. The van der Waals surface area contributed by atoms with Crippen molar-refractivity contribution in [3.8, 4) is 23.1 Å². The minimum Gasteiger partial charge on any atom is -0.497 e. The van der Waals surface area contributed by atoms with E-state index in [0.717, 1.165) is 18.5 Å². The molecular formula is C31H34FN3O5S. The van der Waals surface area contributed by atoms with Crippen LogP contribution in [0.5, 0.6) is 17.4 Å². The number of benzene rings is 3. The van der Waals surface area contributed by atoms with Crippen molar-refractivity contribution in [2.45, 2.75) is 50.2 Å². The monoisotopic (exact) mass is 579 g/mol. The molecule has 8 nitrogen and oxygen atoms in total. The van der Waals surface area contributed by atoms with Gasteiger partial charge in [0.15, 0.2) is 0 Å². The average Bonchev–Trinajstić information content (AvgIpc) is 3.61. The van der Waals surface area contributed by atoms with Crippen molar-refractivity contribution in [2.75, 3.05) is 20.3 Å². The largest absolute Gasteiger partial charge is 0.497 e. The number of ether oxygens (including phenoxy) is 3. The van der Waals surface area contributed by atoms with E-state index < -0.39 is 15.8 Å². The number of hydrogen-bond donors (Lipinski definition) is 0. The van der Waals surface area contributed by atoms with Crippen LogP contribution in [0.4, 0.5) is 4.39 Å². The van der Waals surface area contributed by atoms with Gasteiger partial charge < -0.3 is 14.2 Å². The lowest BCUT2D eigenvalue weighted by Gasteiger charge is -2.26. The molecule has 4 aromatic rings. The first-order chi connectivity index (χ1) is 19.8. The number of rotatable bonds is 11. The molecule has 1 aromatic heterocycles. The number of halogens is 1. The molecule has 0 aliphatic carbocycles. The second-order valence-electron chi connectivity index (χ2n) is 10.2. The number of hydrogen-bond acceptors (Lipinski definition) is 6. The van der Waals surface area contributed by atoms with Gasteiger partial charge in [-0.3, -0.25) is 0 Å². The van der Waals surface area contributed by atoms with Crippen LogP contribution in [0, 0.1) is 5.82 Å². The second-order valence-corrected chi connectivity index (χ2v) is 12.2. The number of aromatic nitrogens is 2. The van der Waals surface area contributed by atoms with Crippen LogP contribution in [0.2, 0.25) is 0 Å². The molecule has 1 atom stereocenters. The van der Waals surface area contributed by atoms with Crippen molar-refractivity contribution in [2.24, 2.45) is 0 Å². The summed E-state index contributed by atoms with van der Waals surface area (Å²) in [5, 5.41) is 4.89. The van der Waals surface area contributed by atoms with E-state index >= 15 is 0 Å². The third kappa shape index (κ3) is 6.45. The summed E-state index contributed by atoms with van der Waals surface area (Å²) in [5.74, 6) is 0.667. The smallest absolute Gasteiger partial charge is 0.243 e. The summed E-state index contributed by atoms with van der Waals surface area (Å²) in [6.07, 6.45) is 1.40. The van der Waals surface area contributed by atoms with Crippen LogP contribution in [0.1, 0.15) is 43.9 Å². The van der Waals surface area contributed by atoms with Gasteiger partial charge >= 0.3 is 0 Å². The lowest BCUT2D eigenvalue weighted by Crippen LogP contribution is -2.37. The topological polar surface area (TPSA) is 82.9 Å². The molecule has 0 N–H and O–H groups in total. The van der Waals surface area contributed by atoms with E-state index in [9.17, 15) is 12.8 Å². The van der Waals surface area contributed by atoms with Crippen molar-refractivity contribution < 1.29 is 27.0 Å². The Morgan fingerprint density at radius 1 is 1.05 bits per heavy atom. The highest BCUT2D eigenvalue weighted by Crippen LogP contribution is 2.36. The number of sulfonamides is 1. The van der Waals surface area contributed by atoms with E-state index in [-0.39, 0.29) is 35.8 Å². The molecule has 1 unspecified atom stereocenters. The van der Waals surface area contributed by atoms with Gasteiger partial charge in [-0.15, -0.1) is 0 Å². The molecule has 41 heavy (non-hydrogen) atoms. The van der Waals surface area contributed by atoms with Crippen molar-refractivity contribution in [3.63, 3.8) is 0 Å². The summed E-state index contributed by atoms with van der Waals surface area (Å²) in [6, 6.07) is 21.6. The Morgan fingerprint density at radius 3 is 2.44 bits per heavy atom. The Hall–Kier alpha value is -3.73. The van der Waals surface area contributed by atoms with E-state index in [1.54, 1.807) is 28.9 Å². The first kappa shape index (κ1) is 28.8. The molecule has 3 aromatic carbocycles. The summed E-state index contributed by atoms with van der Waals surface area (Å²) >= 11 is 0. The molecule has 10 heteroatoms. The predicted octanol–water partition coefficient (Wildman–Crippen LogP) is 6.31. The standard InChI is InChI=1S/C31H34FN3O5S/c1-22(2)30-29(31(40-26-12-7-9-23(32)19-26)35(33-30)24-10-5-4-6-11-24)21-34(20-27-13-8-18-39-27)41(36,37)28-16-14-25(38-3)15-17-28/h4-7,9-12,14-17,19,22,27H,8,13,18,20-21H2,1-3H3. The summed E-state index contributed by atoms with van der Waals surface area (Å²) < 4.78 is 62.9. The number of nitrogens with zero attached hydrogens (tertiary/aromatic N) is 3. The van der Waals surface area contributed by atoms with Gasteiger partial charge in [0.2, 0.25) is 15.9 Å². The molecular weight excluding hydrogens is 545 g/mol. The van der Waals surface area contributed by atoms with E-state index in [1.807, 2.05) is 44.2 Å². The quantitative estimate of drug-likeness (QED) is 0.207. The summed E-state index contributed by atoms with van der Waals surface area (Å²) in [6.45, 7) is 4.74. The van der Waals surface area contributed by atoms with Crippen LogP contribution in [-0.2, 0) is 21.3 Å². The Kier molecular flexibility index (Phi) is 8.72. The minimum atomic E-state index is -3.96. The van der Waals surface area contributed by atoms with Gasteiger partial charge in [-0.25, -0.2) is 17.5 Å². The first-order valence-corrected chi connectivity index (χ1v) is 15.1. The fourth-order valence-electron chi connectivity index (χ4n) is 4.89. The molecule has 1 saturated heterocycles. The maximum atomic E-state index is 14.2. The number of para-hydroxylation sites is 1. The zero-order chi connectivity index (χ0) is 29.0. The van der Waals surface area contributed by atoms with E-state index in [0.29, 0.717) is 29.5 Å². The van der Waals surface area contributed by atoms with Crippen LogP contribution in [-0.4, -0.2) is 48.9 Å². The Balaban J connectivity index is 1.63. The SMILES string of the molecule is COc1ccc(S(=O)(=O)N(Cc2c(C(C)C)nn(-c3ccccc3)c2Oc2cccc(F)c2)CC2CCCO2)cc1. The maximum absolute atomic E-state index is 14.2. The van der Waals surface area contributed by atoms with Crippen molar-refractivity contribution in [1.29, 1.82) is 0 Å². The molecule has 1 aliphatic heterocycles. The Bertz CT molecular complexity index is 1570. The van der Waals surface area contributed by atoms with Crippen LogP contribution >= 0.6 is 0 Å². The van der Waals surface area contributed by atoms with E-state index in [4.69, 9.17) is 19.3 Å². The van der Waals surface area contributed by atoms with Crippen LogP contribution < -0.4 is 9.47 Å². The summed E-state index contributed by atoms with van der Waals surface area (Å²) in [4.78, 5) is 0.144. The van der Waals surface area contributed by atoms with Gasteiger partial charge in [-0.1, -0.05) is 38.1 Å². The van der Waals surface area contributed by atoms with E-state index in [1.165, 1.54) is 35.7 Å². The lowest BCUT2D eigenvalue weighted by atomic mass is 10.1. The first-order valence-electron chi connectivity index (χ1n) is 13.6. The fourth-order valence-corrected chi connectivity index (χ4v) is 6.33.